The molecular formula is C12H14N2O5. The Morgan fingerprint density at radius 3 is 2.63 bits per heavy atom. The summed E-state index contributed by atoms with van der Waals surface area (Å²) in [6, 6.07) is 1.33. The van der Waals surface area contributed by atoms with Crippen molar-refractivity contribution in [2.45, 2.75) is 18.4 Å². The van der Waals surface area contributed by atoms with E-state index < -0.39 is 17.4 Å². The lowest BCUT2D eigenvalue weighted by molar-refractivity contribution is -0.148. The molecule has 7 nitrogen and oxygen atoms in total. The molecule has 19 heavy (non-hydrogen) atoms. The van der Waals surface area contributed by atoms with Gasteiger partial charge in [0.1, 0.15) is 11.3 Å². The number of nitrogens with one attached hydrogen (secondary N) is 1. The van der Waals surface area contributed by atoms with Crippen LogP contribution in [0.5, 0.6) is 5.75 Å². The van der Waals surface area contributed by atoms with Gasteiger partial charge in [0.15, 0.2) is 0 Å². The summed E-state index contributed by atoms with van der Waals surface area (Å²) in [5.74, 6) is -2.02. The van der Waals surface area contributed by atoms with Gasteiger partial charge in [0.05, 0.1) is 11.8 Å². The molecule has 2 rings (SSSR count). The predicted octanol–water partition coefficient (Wildman–Crippen LogP) is 0.151. The summed E-state index contributed by atoms with van der Waals surface area (Å²) in [6.45, 7) is 0.545. The number of hydrogen-bond acceptors (Lipinski definition) is 5. The number of carbonyl (C=O) groups is 2. The third kappa shape index (κ3) is 2.65. The average Bonchev–Trinajstić information content (AvgIpc) is 2.40. The van der Waals surface area contributed by atoms with Gasteiger partial charge in [-0.1, -0.05) is 0 Å². The number of carboxylic acid groups (broad SMARTS) is 1. The van der Waals surface area contributed by atoms with Crippen LogP contribution in [0.1, 0.15) is 23.2 Å². The molecule has 0 spiro atoms. The second-order valence-electron chi connectivity index (χ2n) is 4.35. The van der Waals surface area contributed by atoms with E-state index in [0.717, 1.165) is 6.20 Å². The van der Waals surface area contributed by atoms with Crippen LogP contribution in [0, 0.1) is 0 Å². The molecule has 102 valence electrons. The maximum absolute atomic E-state index is 12.0. The average molecular weight is 266 g/mol. The van der Waals surface area contributed by atoms with Gasteiger partial charge in [0.25, 0.3) is 5.91 Å². The molecule has 1 fully saturated rings. The fraction of sp³-hybridized carbons (Fsp3) is 0.417. The highest BCUT2D eigenvalue weighted by atomic mass is 16.5. The molecule has 7 heteroatoms. The van der Waals surface area contributed by atoms with Crippen molar-refractivity contribution in [1.82, 2.24) is 10.3 Å². The summed E-state index contributed by atoms with van der Waals surface area (Å²) in [5, 5.41) is 21.3. The first-order valence-corrected chi connectivity index (χ1v) is 5.82. The number of aliphatic carboxylic acids is 1. The fourth-order valence-electron chi connectivity index (χ4n) is 1.97. The van der Waals surface area contributed by atoms with Crippen LogP contribution >= 0.6 is 0 Å². The Balaban J connectivity index is 2.20. The minimum Gasteiger partial charge on any atom is -0.505 e. The molecule has 0 aliphatic carbocycles. The number of aromatic nitrogens is 1. The number of rotatable bonds is 3. The molecule has 0 unspecified atom stereocenters. The second kappa shape index (κ2) is 5.23. The van der Waals surface area contributed by atoms with E-state index in [4.69, 9.17) is 4.74 Å². The molecule has 2 heterocycles. The smallest absolute Gasteiger partial charge is 0.329 e. The van der Waals surface area contributed by atoms with E-state index in [1.807, 2.05) is 0 Å². The van der Waals surface area contributed by atoms with Crippen LogP contribution in [0.3, 0.4) is 0 Å². The van der Waals surface area contributed by atoms with Gasteiger partial charge >= 0.3 is 5.97 Å². The quantitative estimate of drug-likeness (QED) is 0.718. The summed E-state index contributed by atoms with van der Waals surface area (Å²) in [5.41, 5.74) is -1.34. The van der Waals surface area contributed by atoms with E-state index in [2.05, 4.69) is 10.3 Å². The van der Waals surface area contributed by atoms with E-state index >= 15 is 0 Å². The molecule has 1 aromatic heterocycles. The van der Waals surface area contributed by atoms with Crippen LogP contribution in [0.4, 0.5) is 0 Å². The largest absolute Gasteiger partial charge is 0.505 e. The third-order valence-electron chi connectivity index (χ3n) is 3.15. The first-order valence-electron chi connectivity index (χ1n) is 5.82. The van der Waals surface area contributed by atoms with E-state index in [-0.39, 0.29) is 37.4 Å². The standard InChI is InChI=1S/C12H14N2O5/c15-9-7-13-4-1-8(9)10(16)14-12(11(17)18)2-5-19-6-3-12/h1,4,7,15H,2-3,5-6H2,(H,14,16)(H,17,18). The van der Waals surface area contributed by atoms with Crippen molar-refractivity contribution in [2.24, 2.45) is 0 Å². The normalized spacial score (nSPS) is 17.7. The molecule has 0 bridgehead atoms. The van der Waals surface area contributed by atoms with Crippen molar-refractivity contribution in [1.29, 1.82) is 0 Å². The van der Waals surface area contributed by atoms with Gasteiger partial charge in [-0.15, -0.1) is 0 Å². The number of amides is 1. The number of pyridine rings is 1. The minimum atomic E-state index is -1.34. The zero-order valence-electron chi connectivity index (χ0n) is 10.1. The van der Waals surface area contributed by atoms with E-state index in [0.29, 0.717) is 0 Å². The molecule has 0 saturated carbocycles. The van der Waals surface area contributed by atoms with Crippen molar-refractivity contribution in [3.63, 3.8) is 0 Å². The molecular weight excluding hydrogens is 252 g/mol. The van der Waals surface area contributed by atoms with Gasteiger partial charge in [0, 0.05) is 32.3 Å². The van der Waals surface area contributed by atoms with E-state index in [1.165, 1.54) is 12.3 Å². The number of ether oxygens (including phenoxy) is 1. The number of carboxylic acids is 1. The van der Waals surface area contributed by atoms with Gasteiger partial charge in [0.2, 0.25) is 0 Å². The maximum Gasteiger partial charge on any atom is 0.329 e. The molecule has 0 atom stereocenters. The maximum atomic E-state index is 12.0. The monoisotopic (exact) mass is 266 g/mol. The zero-order chi connectivity index (χ0) is 13.9. The van der Waals surface area contributed by atoms with Crippen LogP contribution in [0.25, 0.3) is 0 Å². The lowest BCUT2D eigenvalue weighted by Crippen LogP contribution is -2.57. The van der Waals surface area contributed by atoms with Crippen molar-refractivity contribution in [3.05, 3.63) is 24.0 Å². The summed E-state index contributed by atoms with van der Waals surface area (Å²) < 4.78 is 5.11. The number of aromatic hydroxyl groups is 1. The lowest BCUT2D eigenvalue weighted by atomic mass is 9.89. The Morgan fingerprint density at radius 1 is 1.37 bits per heavy atom. The van der Waals surface area contributed by atoms with Crippen LogP contribution in [-0.2, 0) is 9.53 Å². The summed E-state index contributed by atoms with van der Waals surface area (Å²) in [6.07, 6.45) is 2.87. The molecule has 1 saturated heterocycles. The molecule has 1 aliphatic heterocycles. The SMILES string of the molecule is O=C(NC1(C(=O)O)CCOCC1)c1ccncc1O. The van der Waals surface area contributed by atoms with Gasteiger partial charge < -0.3 is 20.3 Å². The highest BCUT2D eigenvalue weighted by molar-refractivity contribution is 5.99. The van der Waals surface area contributed by atoms with Crippen molar-refractivity contribution in [3.8, 4) is 5.75 Å². The molecule has 1 aromatic rings. The molecule has 0 radical (unpaired) electrons. The minimum absolute atomic E-state index is 0.00196. The van der Waals surface area contributed by atoms with Crippen LogP contribution < -0.4 is 5.32 Å². The van der Waals surface area contributed by atoms with Gasteiger partial charge in [-0.2, -0.15) is 0 Å². The number of carbonyl (C=O) groups excluding carboxylic acids is 1. The lowest BCUT2D eigenvalue weighted by Gasteiger charge is -2.33. The molecule has 1 amide bonds. The highest BCUT2D eigenvalue weighted by Crippen LogP contribution is 2.23. The van der Waals surface area contributed by atoms with Gasteiger partial charge in [-0.05, 0) is 6.07 Å². The second-order valence-corrected chi connectivity index (χ2v) is 4.35. The van der Waals surface area contributed by atoms with Gasteiger partial charge in [-0.3, -0.25) is 9.78 Å². The predicted molar refractivity (Wildman–Crippen MR) is 63.8 cm³/mol. The summed E-state index contributed by atoms with van der Waals surface area (Å²) in [7, 11) is 0. The Kier molecular flexibility index (Phi) is 3.66. The van der Waals surface area contributed by atoms with E-state index in [1.54, 1.807) is 0 Å². The van der Waals surface area contributed by atoms with Crippen molar-refractivity contribution >= 4 is 11.9 Å². The van der Waals surface area contributed by atoms with E-state index in [9.17, 15) is 19.8 Å². The number of hydrogen-bond donors (Lipinski definition) is 3. The zero-order valence-corrected chi connectivity index (χ0v) is 10.1. The first-order chi connectivity index (χ1) is 9.05. The van der Waals surface area contributed by atoms with Gasteiger partial charge in [-0.25, -0.2) is 4.79 Å². The number of nitrogens with zero attached hydrogens (tertiary/aromatic N) is 1. The van der Waals surface area contributed by atoms with Crippen LogP contribution in [0.2, 0.25) is 0 Å². The Morgan fingerprint density at radius 2 is 2.05 bits per heavy atom. The Labute approximate surface area is 109 Å². The molecule has 1 aliphatic rings. The topological polar surface area (TPSA) is 109 Å². The highest BCUT2D eigenvalue weighted by Gasteiger charge is 2.42. The fourth-order valence-corrected chi connectivity index (χ4v) is 1.97. The van der Waals surface area contributed by atoms with Crippen molar-refractivity contribution < 1.29 is 24.5 Å². The van der Waals surface area contributed by atoms with Crippen LogP contribution in [-0.4, -0.2) is 45.8 Å². The van der Waals surface area contributed by atoms with Crippen LogP contribution in [0.15, 0.2) is 18.5 Å². The summed E-state index contributed by atoms with van der Waals surface area (Å²) in [4.78, 5) is 27.1. The third-order valence-corrected chi connectivity index (χ3v) is 3.15. The van der Waals surface area contributed by atoms with Crippen molar-refractivity contribution in [2.75, 3.05) is 13.2 Å². The Hall–Kier alpha value is -2.15. The molecule has 3 N–H and O–H groups in total. The first kappa shape index (κ1) is 13.3. The molecule has 0 aromatic carbocycles. The Bertz CT molecular complexity index is 497. The summed E-state index contributed by atoms with van der Waals surface area (Å²) >= 11 is 0.